The topological polar surface area (TPSA) is 129 Å². The van der Waals surface area contributed by atoms with Gasteiger partial charge in [-0.2, -0.15) is 0 Å². The number of carbonyl (C=O) groups excluding carboxylic acids is 2. The van der Waals surface area contributed by atoms with Crippen LogP contribution in [0.25, 0.3) is 0 Å². The quantitative estimate of drug-likeness (QED) is 0.349. The molecule has 1 atom stereocenters. The van der Waals surface area contributed by atoms with Crippen molar-refractivity contribution in [1.29, 1.82) is 0 Å². The number of urea groups is 1. The maximum Gasteiger partial charge on any atom is 0.338 e. The zero-order valence-electron chi connectivity index (χ0n) is 17.2. The second-order valence-corrected chi connectivity index (χ2v) is 6.99. The molecular formula is C21H20ClN3O7. The van der Waals surface area contributed by atoms with E-state index < -0.39 is 23.0 Å². The van der Waals surface area contributed by atoms with Crippen LogP contribution in [0.3, 0.4) is 0 Å². The SMILES string of the molecule is CCOC(=O)C1=C(COc2ccc([N+](=O)[O-])cc2Cl)NC(=O)NC1c1ccc(OC)cc1. The number of non-ortho nitro benzene ring substituents is 1. The Morgan fingerprint density at radius 2 is 1.94 bits per heavy atom. The molecule has 1 unspecified atom stereocenters. The van der Waals surface area contributed by atoms with E-state index in [2.05, 4.69) is 10.6 Å². The van der Waals surface area contributed by atoms with E-state index >= 15 is 0 Å². The normalized spacial score (nSPS) is 15.5. The van der Waals surface area contributed by atoms with Crippen molar-refractivity contribution in [3.8, 4) is 11.5 Å². The van der Waals surface area contributed by atoms with Gasteiger partial charge in [0, 0.05) is 12.1 Å². The van der Waals surface area contributed by atoms with Gasteiger partial charge in [0.1, 0.15) is 18.1 Å². The van der Waals surface area contributed by atoms with Crippen molar-refractivity contribution in [2.24, 2.45) is 0 Å². The standard InChI is InChI=1S/C21H20ClN3O7/c1-3-31-20(26)18-16(11-32-17-9-6-13(25(28)29)10-15(17)22)23-21(27)24-19(18)12-4-7-14(30-2)8-5-12/h4-10,19H,3,11H2,1-2H3,(H2,23,24,27). The monoisotopic (exact) mass is 461 g/mol. The molecule has 0 spiro atoms. The third-order valence-electron chi connectivity index (χ3n) is 4.60. The molecule has 2 amide bonds. The van der Waals surface area contributed by atoms with Crippen LogP contribution in [0, 0.1) is 10.1 Å². The molecule has 0 aliphatic carbocycles. The number of methoxy groups -OCH3 is 1. The number of nitrogens with zero attached hydrogens (tertiary/aromatic N) is 1. The summed E-state index contributed by atoms with van der Waals surface area (Å²) in [4.78, 5) is 35.4. The molecule has 0 aromatic heterocycles. The molecule has 2 aromatic rings. The molecule has 2 N–H and O–H groups in total. The number of hydrogen-bond acceptors (Lipinski definition) is 7. The fourth-order valence-corrected chi connectivity index (χ4v) is 3.33. The fourth-order valence-electron chi connectivity index (χ4n) is 3.10. The minimum absolute atomic E-state index is 0.0180. The molecule has 1 aliphatic heterocycles. The number of nitrogens with one attached hydrogen (secondary N) is 2. The number of hydrogen-bond donors (Lipinski definition) is 2. The number of esters is 1. The Labute approximate surface area is 188 Å². The van der Waals surface area contributed by atoms with Crippen LogP contribution < -0.4 is 20.1 Å². The molecule has 11 heteroatoms. The fraction of sp³-hybridized carbons (Fsp3) is 0.238. The molecular weight excluding hydrogens is 442 g/mol. The summed E-state index contributed by atoms with van der Waals surface area (Å²) in [6.07, 6.45) is 0. The minimum Gasteiger partial charge on any atom is -0.497 e. The van der Waals surface area contributed by atoms with Gasteiger partial charge < -0.3 is 24.8 Å². The maximum atomic E-state index is 12.8. The van der Waals surface area contributed by atoms with Gasteiger partial charge >= 0.3 is 12.0 Å². The van der Waals surface area contributed by atoms with E-state index in [1.54, 1.807) is 31.2 Å². The zero-order chi connectivity index (χ0) is 23.3. The van der Waals surface area contributed by atoms with Gasteiger partial charge in [0.25, 0.3) is 5.69 Å². The zero-order valence-corrected chi connectivity index (χ0v) is 18.0. The number of halogens is 1. The van der Waals surface area contributed by atoms with Crippen molar-refractivity contribution in [1.82, 2.24) is 10.6 Å². The van der Waals surface area contributed by atoms with E-state index in [1.165, 1.54) is 19.2 Å². The minimum atomic E-state index is -0.792. The average molecular weight is 462 g/mol. The molecule has 168 valence electrons. The number of ether oxygens (including phenoxy) is 3. The van der Waals surface area contributed by atoms with E-state index in [4.69, 9.17) is 25.8 Å². The predicted octanol–water partition coefficient (Wildman–Crippen LogP) is 3.51. The van der Waals surface area contributed by atoms with E-state index in [0.717, 1.165) is 6.07 Å². The molecule has 0 saturated heterocycles. The summed E-state index contributed by atoms with van der Waals surface area (Å²) in [5.41, 5.74) is 0.787. The average Bonchev–Trinajstić information content (AvgIpc) is 2.77. The van der Waals surface area contributed by atoms with E-state index in [-0.39, 0.29) is 40.9 Å². The summed E-state index contributed by atoms with van der Waals surface area (Å²) < 4.78 is 16.0. The molecule has 0 bridgehead atoms. The summed E-state index contributed by atoms with van der Waals surface area (Å²) >= 11 is 6.07. The highest BCUT2D eigenvalue weighted by Crippen LogP contribution is 2.32. The third-order valence-corrected chi connectivity index (χ3v) is 4.89. The van der Waals surface area contributed by atoms with E-state index in [1.807, 2.05) is 0 Å². The van der Waals surface area contributed by atoms with Crippen molar-refractivity contribution < 1.29 is 28.7 Å². The molecule has 3 rings (SSSR count). The van der Waals surface area contributed by atoms with Gasteiger partial charge in [-0.3, -0.25) is 10.1 Å². The van der Waals surface area contributed by atoms with Crippen LogP contribution in [-0.2, 0) is 9.53 Å². The first-order chi connectivity index (χ1) is 15.3. The number of carbonyl (C=O) groups is 2. The lowest BCUT2D eigenvalue weighted by atomic mass is 9.95. The first kappa shape index (κ1) is 22.9. The van der Waals surface area contributed by atoms with Crippen LogP contribution in [0.4, 0.5) is 10.5 Å². The van der Waals surface area contributed by atoms with Crippen molar-refractivity contribution in [3.05, 3.63) is 74.4 Å². The maximum absolute atomic E-state index is 12.8. The summed E-state index contributed by atoms with van der Waals surface area (Å²) in [7, 11) is 1.53. The summed E-state index contributed by atoms with van der Waals surface area (Å²) in [5, 5.41) is 16.2. The highest BCUT2D eigenvalue weighted by molar-refractivity contribution is 6.32. The summed E-state index contributed by atoms with van der Waals surface area (Å²) in [5.74, 6) is 0.142. The third kappa shape index (κ3) is 5.09. The second-order valence-electron chi connectivity index (χ2n) is 6.58. The van der Waals surface area contributed by atoms with Crippen LogP contribution in [0.1, 0.15) is 18.5 Å². The summed E-state index contributed by atoms with van der Waals surface area (Å²) in [6.45, 7) is 1.57. The Hall–Kier alpha value is -3.79. The predicted molar refractivity (Wildman–Crippen MR) is 115 cm³/mol. The lowest BCUT2D eigenvalue weighted by Crippen LogP contribution is -2.47. The number of benzene rings is 2. The number of rotatable bonds is 8. The Kier molecular flexibility index (Phi) is 7.16. The Morgan fingerprint density at radius 1 is 1.22 bits per heavy atom. The number of nitro benzene ring substituents is 1. The lowest BCUT2D eigenvalue weighted by molar-refractivity contribution is -0.384. The van der Waals surface area contributed by atoms with Crippen molar-refractivity contribution in [2.75, 3.05) is 20.3 Å². The molecule has 0 radical (unpaired) electrons. The summed E-state index contributed by atoms with van der Waals surface area (Å²) in [6, 6.07) is 9.27. The molecule has 1 heterocycles. The van der Waals surface area contributed by atoms with E-state index in [0.29, 0.717) is 11.3 Å². The number of nitro groups is 1. The van der Waals surface area contributed by atoms with Gasteiger partial charge in [-0.25, -0.2) is 9.59 Å². The van der Waals surface area contributed by atoms with Crippen LogP contribution in [0.15, 0.2) is 53.7 Å². The van der Waals surface area contributed by atoms with Crippen LogP contribution in [0.2, 0.25) is 5.02 Å². The highest BCUT2D eigenvalue weighted by atomic mass is 35.5. The molecule has 1 aliphatic rings. The first-order valence-corrected chi connectivity index (χ1v) is 9.90. The molecule has 2 aromatic carbocycles. The van der Waals surface area contributed by atoms with Crippen molar-refractivity contribution in [2.45, 2.75) is 13.0 Å². The smallest absolute Gasteiger partial charge is 0.338 e. The Morgan fingerprint density at radius 3 is 2.53 bits per heavy atom. The van der Waals surface area contributed by atoms with Gasteiger partial charge in [-0.05, 0) is 30.7 Å². The second kappa shape index (κ2) is 10.0. The Balaban J connectivity index is 1.95. The first-order valence-electron chi connectivity index (χ1n) is 9.52. The van der Waals surface area contributed by atoms with Crippen molar-refractivity contribution in [3.63, 3.8) is 0 Å². The highest BCUT2D eigenvalue weighted by Gasteiger charge is 2.34. The van der Waals surface area contributed by atoms with E-state index in [9.17, 15) is 19.7 Å². The van der Waals surface area contributed by atoms with Crippen LogP contribution >= 0.6 is 11.6 Å². The van der Waals surface area contributed by atoms with Gasteiger partial charge in [-0.1, -0.05) is 23.7 Å². The number of amides is 2. The van der Waals surface area contributed by atoms with Crippen LogP contribution in [0.5, 0.6) is 11.5 Å². The molecule has 10 nitrogen and oxygen atoms in total. The van der Waals surface area contributed by atoms with Gasteiger partial charge in [0.15, 0.2) is 0 Å². The van der Waals surface area contributed by atoms with Gasteiger partial charge in [-0.15, -0.1) is 0 Å². The molecule has 0 fully saturated rings. The van der Waals surface area contributed by atoms with Crippen molar-refractivity contribution >= 4 is 29.3 Å². The lowest BCUT2D eigenvalue weighted by Gasteiger charge is -2.29. The van der Waals surface area contributed by atoms with Gasteiger partial charge in [0.2, 0.25) is 0 Å². The Bertz CT molecular complexity index is 1070. The molecule has 32 heavy (non-hydrogen) atoms. The van der Waals surface area contributed by atoms with Crippen LogP contribution in [-0.4, -0.2) is 37.2 Å². The molecule has 0 saturated carbocycles. The largest absolute Gasteiger partial charge is 0.497 e. The van der Waals surface area contributed by atoms with Gasteiger partial charge in [0.05, 0.1) is 41.0 Å².